The van der Waals surface area contributed by atoms with Crippen molar-refractivity contribution in [3.8, 4) is 0 Å². The maximum atomic E-state index is 13.3. The van der Waals surface area contributed by atoms with Gasteiger partial charge in [0.05, 0.1) is 30.3 Å². The number of pyridine rings is 1. The first-order valence-electron chi connectivity index (χ1n) is 11.0. The van der Waals surface area contributed by atoms with Crippen molar-refractivity contribution >= 4 is 10.9 Å². The highest BCUT2D eigenvalue weighted by Crippen LogP contribution is 2.30. The van der Waals surface area contributed by atoms with Gasteiger partial charge in [0.25, 0.3) is 5.56 Å². The van der Waals surface area contributed by atoms with E-state index in [1.807, 2.05) is 29.8 Å². The third-order valence-corrected chi connectivity index (χ3v) is 6.67. The standard InChI is InChI=1S/C22H28N6O2/c1-15-6-5-7-16-14-18(22(29)23-19(15)16)20(27-10-12-30-13-11-27)21-24-25-26-28(21)17-8-3-2-4-9-17/h5-7,14,17,20H,2-4,8-13H2,1H3,(H,23,29)/p+1/t20-/m1/s1. The Morgan fingerprint density at radius 2 is 2.00 bits per heavy atom. The third kappa shape index (κ3) is 3.54. The number of aryl methyl sites for hydroxylation is 1. The van der Waals surface area contributed by atoms with Gasteiger partial charge in [-0.05, 0) is 47.2 Å². The first-order chi connectivity index (χ1) is 14.7. The zero-order chi connectivity index (χ0) is 20.5. The van der Waals surface area contributed by atoms with E-state index in [0.717, 1.165) is 53.8 Å². The van der Waals surface area contributed by atoms with E-state index in [-0.39, 0.29) is 11.6 Å². The molecular formula is C22H29N6O2+. The number of aromatic amines is 1. The first kappa shape index (κ1) is 19.4. The molecule has 30 heavy (non-hydrogen) atoms. The van der Waals surface area contributed by atoms with Gasteiger partial charge in [0.1, 0.15) is 13.1 Å². The Kier molecular flexibility index (Phi) is 5.35. The molecule has 0 bridgehead atoms. The molecule has 0 spiro atoms. The predicted octanol–water partition coefficient (Wildman–Crippen LogP) is 1.33. The quantitative estimate of drug-likeness (QED) is 0.679. The fraction of sp³-hybridized carbons (Fsp3) is 0.545. The molecule has 0 unspecified atom stereocenters. The van der Waals surface area contributed by atoms with Crippen LogP contribution in [0.5, 0.6) is 0 Å². The molecule has 2 fully saturated rings. The van der Waals surface area contributed by atoms with Gasteiger partial charge in [0.15, 0.2) is 6.04 Å². The number of morpholine rings is 1. The van der Waals surface area contributed by atoms with Crippen LogP contribution in [0.25, 0.3) is 10.9 Å². The molecule has 1 aliphatic carbocycles. The summed E-state index contributed by atoms with van der Waals surface area (Å²) in [7, 11) is 0. The monoisotopic (exact) mass is 409 g/mol. The minimum absolute atomic E-state index is 0.0565. The maximum absolute atomic E-state index is 13.3. The normalized spacial score (nSPS) is 19.9. The zero-order valence-corrected chi connectivity index (χ0v) is 17.4. The van der Waals surface area contributed by atoms with Gasteiger partial charge >= 0.3 is 0 Å². The van der Waals surface area contributed by atoms with E-state index >= 15 is 0 Å². The van der Waals surface area contributed by atoms with Crippen LogP contribution in [0.15, 0.2) is 29.1 Å². The molecule has 158 valence electrons. The third-order valence-electron chi connectivity index (χ3n) is 6.67. The van der Waals surface area contributed by atoms with Crippen molar-refractivity contribution in [1.82, 2.24) is 25.2 Å². The molecule has 5 rings (SSSR count). The second-order valence-electron chi connectivity index (χ2n) is 8.57. The molecular weight excluding hydrogens is 380 g/mol. The van der Waals surface area contributed by atoms with Crippen molar-refractivity contribution in [3.63, 3.8) is 0 Å². The van der Waals surface area contributed by atoms with Crippen molar-refractivity contribution in [2.24, 2.45) is 0 Å². The van der Waals surface area contributed by atoms with Crippen molar-refractivity contribution in [2.75, 3.05) is 26.3 Å². The molecule has 3 heterocycles. The second-order valence-corrected chi connectivity index (χ2v) is 8.57. The van der Waals surface area contributed by atoms with Gasteiger partial charge in [-0.1, -0.05) is 37.5 Å². The highest BCUT2D eigenvalue weighted by molar-refractivity contribution is 5.82. The lowest BCUT2D eigenvalue weighted by Gasteiger charge is -2.32. The smallest absolute Gasteiger partial charge is 0.258 e. The summed E-state index contributed by atoms with van der Waals surface area (Å²) in [6.45, 7) is 5.04. The summed E-state index contributed by atoms with van der Waals surface area (Å²) in [5.74, 6) is 0.802. The Morgan fingerprint density at radius 3 is 2.80 bits per heavy atom. The Morgan fingerprint density at radius 1 is 1.20 bits per heavy atom. The number of aromatic nitrogens is 5. The molecule has 0 radical (unpaired) electrons. The predicted molar refractivity (Wildman–Crippen MR) is 113 cm³/mol. The molecule has 3 aromatic rings. The first-order valence-corrected chi connectivity index (χ1v) is 11.0. The largest absolute Gasteiger partial charge is 0.370 e. The number of para-hydroxylation sites is 1. The number of quaternary nitrogens is 1. The Labute approximate surface area is 175 Å². The second kappa shape index (κ2) is 8.28. The Bertz CT molecular complexity index is 1080. The fourth-order valence-corrected chi connectivity index (χ4v) is 5.05. The number of ether oxygens (including phenoxy) is 1. The Balaban J connectivity index is 1.64. The minimum atomic E-state index is -0.209. The maximum Gasteiger partial charge on any atom is 0.258 e. The molecule has 1 atom stereocenters. The summed E-state index contributed by atoms with van der Waals surface area (Å²) in [4.78, 5) is 17.7. The van der Waals surface area contributed by atoms with Crippen molar-refractivity contribution in [3.05, 3.63) is 51.6 Å². The van der Waals surface area contributed by atoms with Crippen molar-refractivity contribution in [2.45, 2.75) is 51.1 Å². The number of rotatable bonds is 4. The van der Waals surface area contributed by atoms with Gasteiger partial charge in [-0.15, -0.1) is 5.10 Å². The van der Waals surface area contributed by atoms with Crippen LogP contribution in [0.3, 0.4) is 0 Å². The van der Waals surface area contributed by atoms with Gasteiger partial charge in [-0.2, -0.15) is 0 Å². The van der Waals surface area contributed by atoms with E-state index in [4.69, 9.17) is 4.74 Å². The molecule has 1 aliphatic heterocycles. The number of fused-ring (bicyclic) bond motifs is 1. The van der Waals surface area contributed by atoms with Crippen LogP contribution in [-0.2, 0) is 4.74 Å². The molecule has 1 saturated heterocycles. The van der Waals surface area contributed by atoms with Crippen LogP contribution in [-0.4, -0.2) is 51.5 Å². The number of hydrogen-bond donors (Lipinski definition) is 2. The lowest BCUT2D eigenvalue weighted by Crippen LogP contribution is -3.14. The summed E-state index contributed by atoms with van der Waals surface area (Å²) in [6.07, 6.45) is 5.87. The van der Waals surface area contributed by atoms with E-state index < -0.39 is 0 Å². The summed E-state index contributed by atoms with van der Waals surface area (Å²) < 4.78 is 7.61. The lowest BCUT2D eigenvalue weighted by atomic mass is 9.95. The summed E-state index contributed by atoms with van der Waals surface area (Å²) in [5, 5.41) is 13.9. The van der Waals surface area contributed by atoms with Crippen LogP contribution in [0, 0.1) is 6.92 Å². The average molecular weight is 410 g/mol. The van der Waals surface area contributed by atoms with E-state index in [2.05, 4.69) is 26.6 Å². The van der Waals surface area contributed by atoms with E-state index in [9.17, 15) is 4.79 Å². The van der Waals surface area contributed by atoms with Crippen LogP contribution < -0.4 is 10.5 Å². The van der Waals surface area contributed by atoms with Gasteiger partial charge in [-0.3, -0.25) is 4.79 Å². The van der Waals surface area contributed by atoms with Crippen LogP contribution in [0.4, 0.5) is 0 Å². The fourth-order valence-electron chi connectivity index (χ4n) is 5.05. The van der Waals surface area contributed by atoms with Crippen molar-refractivity contribution in [1.29, 1.82) is 0 Å². The molecule has 2 aliphatic rings. The number of tetrazole rings is 1. The highest BCUT2D eigenvalue weighted by Gasteiger charge is 2.36. The summed E-state index contributed by atoms with van der Waals surface area (Å²) in [5.41, 5.74) is 2.64. The molecule has 1 saturated carbocycles. The van der Waals surface area contributed by atoms with E-state index in [1.165, 1.54) is 24.2 Å². The number of hydrogen-bond acceptors (Lipinski definition) is 5. The topological polar surface area (TPSA) is 90.1 Å². The molecule has 1 aromatic carbocycles. The van der Waals surface area contributed by atoms with Crippen molar-refractivity contribution < 1.29 is 9.64 Å². The molecule has 0 amide bonds. The number of nitrogens with zero attached hydrogens (tertiary/aromatic N) is 4. The van der Waals surface area contributed by atoms with Gasteiger partial charge in [0.2, 0.25) is 5.82 Å². The van der Waals surface area contributed by atoms with E-state index in [0.29, 0.717) is 19.3 Å². The number of benzene rings is 1. The molecule has 2 N–H and O–H groups in total. The highest BCUT2D eigenvalue weighted by atomic mass is 16.5. The SMILES string of the molecule is Cc1cccc2cc([C@H](c3nnnn3C3CCCCC3)[NH+]3CCOCC3)c(=O)[nH]c12. The Hall–Kier alpha value is -2.58. The van der Waals surface area contributed by atoms with Crippen LogP contribution in [0.2, 0.25) is 0 Å². The summed E-state index contributed by atoms with van der Waals surface area (Å²) >= 11 is 0. The minimum Gasteiger partial charge on any atom is -0.370 e. The molecule has 2 aromatic heterocycles. The zero-order valence-electron chi connectivity index (χ0n) is 17.4. The van der Waals surface area contributed by atoms with E-state index in [1.54, 1.807) is 0 Å². The van der Waals surface area contributed by atoms with Gasteiger partial charge in [-0.25, -0.2) is 4.68 Å². The summed E-state index contributed by atoms with van der Waals surface area (Å²) in [6, 6.07) is 8.24. The van der Waals surface area contributed by atoms with Crippen LogP contribution >= 0.6 is 0 Å². The number of nitrogens with one attached hydrogen (secondary N) is 2. The lowest BCUT2D eigenvalue weighted by molar-refractivity contribution is -0.933. The molecule has 8 nitrogen and oxygen atoms in total. The van der Waals surface area contributed by atoms with Gasteiger partial charge in [0, 0.05) is 0 Å². The van der Waals surface area contributed by atoms with Crippen LogP contribution in [0.1, 0.15) is 61.1 Å². The molecule has 8 heteroatoms. The average Bonchev–Trinajstić information content (AvgIpc) is 3.26. The van der Waals surface area contributed by atoms with Gasteiger partial charge < -0.3 is 14.6 Å². The number of H-pyrrole nitrogens is 1.